The third-order valence-electron chi connectivity index (χ3n) is 5.52. The molecule has 2 aromatic heterocycles. The molecule has 0 spiro atoms. The fourth-order valence-electron chi connectivity index (χ4n) is 3.82. The van der Waals surface area contributed by atoms with Gasteiger partial charge in [0.2, 0.25) is 5.89 Å². The Labute approximate surface area is 170 Å². The number of nitrogens with zero attached hydrogens (tertiary/aromatic N) is 3. The Morgan fingerprint density at radius 1 is 1.07 bits per heavy atom. The normalized spacial score (nSPS) is 15.5. The first-order chi connectivity index (χ1) is 14.2. The molecule has 0 aliphatic carbocycles. The number of rotatable bonds is 8. The van der Waals surface area contributed by atoms with Crippen molar-refractivity contribution in [2.24, 2.45) is 5.92 Å². The number of aryl methyl sites for hydroxylation is 1. The van der Waals surface area contributed by atoms with E-state index in [0.29, 0.717) is 24.1 Å². The van der Waals surface area contributed by atoms with Crippen LogP contribution >= 0.6 is 0 Å². The van der Waals surface area contributed by atoms with Crippen molar-refractivity contribution in [1.82, 2.24) is 15.1 Å². The molecule has 1 aromatic carbocycles. The number of ether oxygens (including phenoxy) is 2. The van der Waals surface area contributed by atoms with Crippen LogP contribution in [-0.2, 0) is 13.0 Å². The molecule has 1 saturated heterocycles. The molecule has 4 rings (SSSR count). The molecule has 1 aliphatic heterocycles. The van der Waals surface area contributed by atoms with Crippen molar-refractivity contribution in [2.45, 2.75) is 32.2 Å². The second-order valence-electron chi connectivity index (χ2n) is 7.46. The SMILES string of the molecule is COc1cc(CCC2CCN(Cc3nnc(-c4ccco4)o3)CC2)cc(OC)c1. The number of hydrogen-bond donors (Lipinski definition) is 0. The number of piperidine rings is 1. The lowest BCUT2D eigenvalue weighted by atomic mass is 9.90. The maximum absolute atomic E-state index is 5.73. The Kier molecular flexibility index (Phi) is 6.14. The molecule has 3 heterocycles. The summed E-state index contributed by atoms with van der Waals surface area (Å²) in [5, 5.41) is 8.22. The predicted molar refractivity (Wildman–Crippen MR) is 108 cm³/mol. The average molecular weight is 397 g/mol. The van der Waals surface area contributed by atoms with E-state index in [2.05, 4.69) is 27.2 Å². The number of hydrogen-bond acceptors (Lipinski definition) is 7. The van der Waals surface area contributed by atoms with Gasteiger partial charge in [-0.3, -0.25) is 4.90 Å². The quantitative estimate of drug-likeness (QED) is 0.564. The van der Waals surface area contributed by atoms with E-state index < -0.39 is 0 Å². The number of methoxy groups -OCH3 is 2. The number of likely N-dealkylation sites (tertiary alicyclic amines) is 1. The molecule has 0 radical (unpaired) electrons. The third-order valence-corrected chi connectivity index (χ3v) is 5.52. The molecule has 0 bridgehead atoms. The van der Waals surface area contributed by atoms with Crippen LogP contribution in [0, 0.1) is 5.92 Å². The fourth-order valence-corrected chi connectivity index (χ4v) is 3.82. The van der Waals surface area contributed by atoms with E-state index in [1.807, 2.05) is 18.2 Å². The zero-order valence-corrected chi connectivity index (χ0v) is 17.0. The van der Waals surface area contributed by atoms with Crippen LogP contribution in [0.2, 0.25) is 0 Å². The van der Waals surface area contributed by atoms with Crippen LogP contribution in [-0.4, -0.2) is 42.4 Å². The van der Waals surface area contributed by atoms with Gasteiger partial charge in [0.15, 0.2) is 5.76 Å². The minimum Gasteiger partial charge on any atom is -0.497 e. The lowest BCUT2D eigenvalue weighted by molar-refractivity contribution is 0.160. The van der Waals surface area contributed by atoms with E-state index >= 15 is 0 Å². The molecular weight excluding hydrogens is 370 g/mol. The molecular formula is C22H27N3O4. The standard InChI is InChI=1S/C22H27N3O4/c1-26-18-12-17(13-19(14-18)27-2)6-5-16-7-9-25(10-8-16)15-21-23-24-22(29-21)20-4-3-11-28-20/h3-4,11-14,16H,5-10,15H2,1-2H3. The highest BCUT2D eigenvalue weighted by molar-refractivity contribution is 5.42. The lowest BCUT2D eigenvalue weighted by Gasteiger charge is -2.31. The molecule has 0 atom stereocenters. The van der Waals surface area contributed by atoms with Gasteiger partial charge in [-0.25, -0.2) is 0 Å². The highest BCUT2D eigenvalue weighted by Gasteiger charge is 2.21. The maximum atomic E-state index is 5.73. The molecule has 29 heavy (non-hydrogen) atoms. The summed E-state index contributed by atoms with van der Waals surface area (Å²) in [6.07, 6.45) is 6.17. The van der Waals surface area contributed by atoms with Crippen LogP contribution in [0.25, 0.3) is 11.7 Å². The molecule has 3 aromatic rings. The van der Waals surface area contributed by atoms with Crippen molar-refractivity contribution >= 4 is 0 Å². The van der Waals surface area contributed by atoms with E-state index in [0.717, 1.165) is 36.9 Å². The van der Waals surface area contributed by atoms with Crippen LogP contribution in [0.15, 0.2) is 45.4 Å². The van der Waals surface area contributed by atoms with Crippen LogP contribution in [0.1, 0.15) is 30.7 Å². The molecule has 154 valence electrons. The molecule has 0 unspecified atom stereocenters. The maximum Gasteiger partial charge on any atom is 0.283 e. The highest BCUT2D eigenvalue weighted by Crippen LogP contribution is 2.27. The monoisotopic (exact) mass is 397 g/mol. The van der Waals surface area contributed by atoms with Gasteiger partial charge in [-0.2, -0.15) is 0 Å². The fraction of sp³-hybridized carbons (Fsp3) is 0.455. The van der Waals surface area contributed by atoms with Crippen molar-refractivity contribution in [3.8, 4) is 23.1 Å². The molecule has 1 fully saturated rings. The van der Waals surface area contributed by atoms with Crippen LogP contribution < -0.4 is 9.47 Å². The molecule has 7 heteroatoms. The van der Waals surface area contributed by atoms with E-state index in [1.54, 1.807) is 20.5 Å². The van der Waals surface area contributed by atoms with E-state index in [-0.39, 0.29) is 0 Å². The van der Waals surface area contributed by atoms with Crippen molar-refractivity contribution in [2.75, 3.05) is 27.3 Å². The first-order valence-electron chi connectivity index (χ1n) is 10.0. The van der Waals surface area contributed by atoms with Gasteiger partial charge in [0.25, 0.3) is 5.89 Å². The van der Waals surface area contributed by atoms with E-state index in [1.165, 1.54) is 24.8 Å². The second-order valence-corrected chi connectivity index (χ2v) is 7.46. The average Bonchev–Trinajstić information content (AvgIpc) is 3.45. The molecule has 1 aliphatic rings. The molecule has 0 saturated carbocycles. The van der Waals surface area contributed by atoms with Gasteiger partial charge in [-0.1, -0.05) is 0 Å². The molecule has 0 amide bonds. The summed E-state index contributed by atoms with van der Waals surface area (Å²) < 4.78 is 21.8. The largest absolute Gasteiger partial charge is 0.497 e. The zero-order chi connectivity index (χ0) is 20.1. The van der Waals surface area contributed by atoms with Crippen LogP contribution in [0.3, 0.4) is 0 Å². The van der Waals surface area contributed by atoms with Gasteiger partial charge in [-0.05, 0) is 74.5 Å². The smallest absolute Gasteiger partial charge is 0.283 e. The Morgan fingerprint density at radius 2 is 1.83 bits per heavy atom. The first kappa shape index (κ1) is 19.5. The first-order valence-corrected chi connectivity index (χ1v) is 10.0. The van der Waals surface area contributed by atoms with Gasteiger partial charge in [0, 0.05) is 6.07 Å². The zero-order valence-electron chi connectivity index (χ0n) is 17.0. The van der Waals surface area contributed by atoms with Gasteiger partial charge in [0.05, 0.1) is 27.0 Å². The summed E-state index contributed by atoms with van der Waals surface area (Å²) >= 11 is 0. The van der Waals surface area contributed by atoms with Crippen molar-refractivity contribution in [3.63, 3.8) is 0 Å². The number of furan rings is 1. The van der Waals surface area contributed by atoms with Crippen molar-refractivity contribution < 1.29 is 18.3 Å². The van der Waals surface area contributed by atoms with Crippen LogP contribution in [0.4, 0.5) is 0 Å². The number of benzene rings is 1. The lowest BCUT2D eigenvalue weighted by Crippen LogP contribution is -2.33. The van der Waals surface area contributed by atoms with Gasteiger partial charge in [0.1, 0.15) is 11.5 Å². The third kappa shape index (κ3) is 4.98. The molecule has 0 N–H and O–H groups in total. The van der Waals surface area contributed by atoms with Gasteiger partial charge < -0.3 is 18.3 Å². The molecule has 7 nitrogen and oxygen atoms in total. The van der Waals surface area contributed by atoms with Crippen molar-refractivity contribution in [1.29, 1.82) is 0 Å². The van der Waals surface area contributed by atoms with Crippen molar-refractivity contribution in [3.05, 3.63) is 48.0 Å². The minimum absolute atomic E-state index is 0.439. The Morgan fingerprint density at radius 3 is 2.48 bits per heavy atom. The summed E-state index contributed by atoms with van der Waals surface area (Å²) in [6, 6.07) is 9.75. The minimum atomic E-state index is 0.439. The van der Waals surface area contributed by atoms with Gasteiger partial charge in [-0.15, -0.1) is 10.2 Å². The summed E-state index contributed by atoms with van der Waals surface area (Å²) in [5.41, 5.74) is 1.26. The number of aromatic nitrogens is 2. The highest BCUT2D eigenvalue weighted by atomic mass is 16.5. The predicted octanol–water partition coefficient (Wildman–Crippen LogP) is 4.19. The Hall–Kier alpha value is -2.80. The van der Waals surface area contributed by atoms with Gasteiger partial charge >= 0.3 is 0 Å². The van der Waals surface area contributed by atoms with E-state index in [9.17, 15) is 0 Å². The summed E-state index contributed by atoms with van der Waals surface area (Å²) in [7, 11) is 3.38. The summed E-state index contributed by atoms with van der Waals surface area (Å²) in [5.74, 6) is 4.11. The second kappa shape index (κ2) is 9.13. The summed E-state index contributed by atoms with van der Waals surface area (Å²) in [4.78, 5) is 2.38. The summed E-state index contributed by atoms with van der Waals surface area (Å²) in [6.45, 7) is 2.78. The topological polar surface area (TPSA) is 73.8 Å². The Bertz CT molecular complexity index is 876. The van der Waals surface area contributed by atoms with E-state index in [4.69, 9.17) is 18.3 Å². The van der Waals surface area contributed by atoms with Crippen LogP contribution in [0.5, 0.6) is 11.5 Å². The Balaban J connectivity index is 1.25.